The van der Waals surface area contributed by atoms with E-state index in [1.165, 1.54) is 13.2 Å². The quantitative estimate of drug-likeness (QED) is 0.0723. The maximum atomic E-state index is 13.3. The van der Waals surface area contributed by atoms with Gasteiger partial charge < -0.3 is 33.2 Å². The molecule has 0 aromatic heterocycles. The summed E-state index contributed by atoms with van der Waals surface area (Å²) < 4.78 is 42.9. The lowest BCUT2D eigenvalue weighted by Crippen LogP contribution is -2.63. The number of benzene rings is 2. The smallest absolute Gasteiger partial charge is 0.330 e. The zero-order valence-electron chi connectivity index (χ0n) is 31.5. The predicted molar refractivity (Wildman–Crippen MR) is 194 cm³/mol. The van der Waals surface area contributed by atoms with E-state index >= 15 is 0 Å². The molecule has 2 aromatic rings. The van der Waals surface area contributed by atoms with Crippen LogP contribution in [0.25, 0.3) is 0 Å². The van der Waals surface area contributed by atoms with Crippen LogP contribution in [-0.4, -0.2) is 63.5 Å². The van der Waals surface area contributed by atoms with Gasteiger partial charge in [-0.3, -0.25) is 4.79 Å². The molecule has 1 fully saturated rings. The number of esters is 2. The number of carbonyl (C=O) groups excluding carboxylic acids is 2. The van der Waals surface area contributed by atoms with Crippen LogP contribution in [-0.2, 0) is 51.2 Å². The Labute approximate surface area is 299 Å². The molecule has 0 bridgehead atoms. The van der Waals surface area contributed by atoms with Gasteiger partial charge >= 0.3 is 11.9 Å². The second kappa shape index (κ2) is 20.6. The topological polar surface area (TPSA) is 98.8 Å². The van der Waals surface area contributed by atoms with Crippen molar-refractivity contribution in [3.8, 4) is 5.75 Å². The number of rotatable bonds is 21. The molecule has 0 saturated carbocycles. The Balaban J connectivity index is 1.93. The molecule has 0 unspecified atom stereocenters. The molecule has 1 heterocycles. The summed E-state index contributed by atoms with van der Waals surface area (Å²) in [4.78, 5) is 26.1. The zero-order chi connectivity index (χ0) is 36.6. The van der Waals surface area contributed by atoms with Crippen molar-refractivity contribution >= 4 is 11.9 Å². The van der Waals surface area contributed by atoms with E-state index in [1.807, 2.05) is 82.3 Å². The highest BCUT2D eigenvalue weighted by Crippen LogP contribution is 2.49. The van der Waals surface area contributed by atoms with E-state index in [-0.39, 0.29) is 18.5 Å². The molecule has 9 nitrogen and oxygen atoms in total. The molecule has 9 heteroatoms. The van der Waals surface area contributed by atoms with Gasteiger partial charge in [-0.05, 0) is 55.0 Å². The van der Waals surface area contributed by atoms with Gasteiger partial charge in [-0.2, -0.15) is 0 Å². The molecular formula is C41H60O9. The summed E-state index contributed by atoms with van der Waals surface area (Å²) in [5.74, 6) is -1.50. The fraction of sp³-hybridized carbons (Fsp3) is 0.610. The maximum absolute atomic E-state index is 13.3. The van der Waals surface area contributed by atoms with Gasteiger partial charge in [0, 0.05) is 31.4 Å². The Kier molecular flexibility index (Phi) is 16.9. The number of carbonyl (C=O) groups is 2. The lowest BCUT2D eigenvalue weighted by atomic mass is 9.72. The number of hydrogen-bond donors (Lipinski definition) is 0. The van der Waals surface area contributed by atoms with Gasteiger partial charge in [-0.25, -0.2) is 4.79 Å². The van der Waals surface area contributed by atoms with Crippen LogP contribution < -0.4 is 4.74 Å². The number of ether oxygens (including phenoxy) is 7. The summed E-state index contributed by atoms with van der Waals surface area (Å²) in [5.41, 5.74) is 2.00. The largest absolute Gasteiger partial charge is 0.497 e. The summed E-state index contributed by atoms with van der Waals surface area (Å²) in [6.07, 6.45) is 5.98. The molecule has 278 valence electrons. The summed E-state index contributed by atoms with van der Waals surface area (Å²) in [7, 11) is 4.55. The minimum atomic E-state index is -1.39. The molecule has 0 radical (unpaired) electrons. The van der Waals surface area contributed by atoms with Crippen molar-refractivity contribution in [1.82, 2.24) is 0 Å². The SMILES string of the molecule is CCCCCCCC(=O)O[C@H]1/C(=C/C(=O)OC)C[C@@H](C[C@@H](OCc2ccc(OC)cc2)[C@@H](C)OCc2ccccc2)O[C@@]1(OC)C(C)(C)CC. The third-order valence-corrected chi connectivity index (χ3v) is 9.85. The molecule has 5 atom stereocenters. The van der Waals surface area contributed by atoms with Crippen LogP contribution >= 0.6 is 0 Å². The van der Waals surface area contributed by atoms with Crippen LogP contribution in [0, 0.1) is 5.41 Å². The maximum Gasteiger partial charge on any atom is 0.330 e. The first-order chi connectivity index (χ1) is 24.0. The second-order valence-electron chi connectivity index (χ2n) is 13.8. The van der Waals surface area contributed by atoms with Crippen LogP contribution in [0.1, 0.15) is 104 Å². The van der Waals surface area contributed by atoms with E-state index in [0.29, 0.717) is 38.0 Å². The standard InChI is InChI=1S/C41H60O9/c1-9-11-12-13-17-20-37(42)49-39-33(26-38(43)45-7)25-35(50-41(39,46-8)40(4,5)10-2)27-36(30(3)47-28-31-18-15-14-16-19-31)48-29-32-21-23-34(44-6)24-22-32/h14-16,18-19,21-24,26,30,35-36,39H,9-13,17,20,25,27-29H2,1-8H3/b33-26+/t30-,35+,36-,39+,41-/m1/s1. The summed E-state index contributed by atoms with van der Waals surface area (Å²) in [6, 6.07) is 17.8. The van der Waals surface area contributed by atoms with E-state index < -0.39 is 35.5 Å². The van der Waals surface area contributed by atoms with E-state index in [4.69, 9.17) is 33.2 Å². The number of hydrogen-bond acceptors (Lipinski definition) is 9. The van der Waals surface area contributed by atoms with Gasteiger partial charge in [-0.15, -0.1) is 0 Å². The molecule has 50 heavy (non-hydrogen) atoms. The highest BCUT2D eigenvalue weighted by atomic mass is 16.7. The van der Waals surface area contributed by atoms with Gasteiger partial charge in [0.25, 0.3) is 0 Å². The van der Waals surface area contributed by atoms with Gasteiger partial charge in [0.05, 0.1) is 45.7 Å². The van der Waals surface area contributed by atoms with Crippen LogP contribution in [0.5, 0.6) is 5.75 Å². The van der Waals surface area contributed by atoms with E-state index in [2.05, 4.69) is 6.92 Å². The van der Waals surface area contributed by atoms with Gasteiger partial charge in [-0.1, -0.05) is 95.8 Å². The van der Waals surface area contributed by atoms with Crippen LogP contribution in [0.3, 0.4) is 0 Å². The Bertz CT molecular complexity index is 1320. The Morgan fingerprint density at radius 3 is 2.20 bits per heavy atom. The third-order valence-electron chi connectivity index (χ3n) is 9.85. The minimum absolute atomic E-state index is 0.277. The monoisotopic (exact) mass is 696 g/mol. The average Bonchev–Trinajstić information content (AvgIpc) is 3.13. The summed E-state index contributed by atoms with van der Waals surface area (Å²) >= 11 is 0. The fourth-order valence-electron chi connectivity index (χ4n) is 6.34. The van der Waals surface area contributed by atoms with Crippen molar-refractivity contribution in [2.75, 3.05) is 21.3 Å². The van der Waals surface area contributed by atoms with Crippen molar-refractivity contribution in [2.45, 2.75) is 136 Å². The van der Waals surface area contributed by atoms with E-state index in [9.17, 15) is 9.59 Å². The van der Waals surface area contributed by atoms with Crippen molar-refractivity contribution < 1.29 is 42.7 Å². The first-order valence-corrected chi connectivity index (χ1v) is 18.1. The number of methoxy groups -OCH3 is 3. The predicted octanol–water partition coefficient (Wildman–Crippen LogP) is 8.52. The second-order valence-corrected chi connectivity index (χ2v) is 13.8. The van der Waals surface area contributed by atoms with Crippen molar-refractivity contribution in [2.24, 2.45) is 5.41 Å². The molecule has 0 N–H and O–H groups in total. The van der Waals surface area contributed by atoms with Crippen LogP contribution in [0.15, 0.2) is 66.2 Å². The van der Waals surface area contributed by atoms with Gasteiger partial charge in [0.2, 0.25) is 5.79 Å². The van der Waals surface area contributed by atoms with Crippen molar-refractivity contribution in [3.05, 3.63) is 77.4 Å². The highest BCUT2D eigenvalue weighted by Gasteiger charge is 2.59. The van der Waals surface area contributed by atoms with Crippen LogP contribution in [0.4, 0.5) is 0 Å². The fourth-order valence-corrected chi connectivity index (χ4v) is 6.34. The molecule has 0 spiro atoms. The van der Waals surface area contributed by atoms with Gasteiger partial charge in [0.1, 0.15) is 5.75 Å². The molecule has 0 amide bonds. The Morgan fingerprint density at radius 2 is 1.58 bits per heavy atom. The molecule has 3 rings (SSSR count). The Morgan fingerprint density at radius 1 is 0.920 bits per heavy atom. The third kappa shape index (κ3) is 11.7. The molecule has 1 aliphatic heterocycles. The lowest BCUT2D eigenvalue weighted by molar-refractivity contribution is -0.348. The molecule has 1 saturated heterocycles. The van der Waals surface area contributed by atoms with Crippen LogP contribution in [0.2, 0.25) is 0 Å². The molecule has 2 aromatic carbocycles. The zero-order valence-corrected chi connectivity index (χ0v) is 31.5. The minimum Gasteiger partial charge on any atom is -0.497 e. The van der Waals surface area contributed by atoms with E-state index in [1.54, 1.807) is 14.2 Å². The summed E-state index contributed by atoms with van der Waals surface area (Å²) in [5, 5.41) is 0. The first kappa shape index (κ1) is 41.2. The first-order valence-electron chi connectivity index (χ1n) is 18.1. The number of unbranched alkanes of at least 4 members (excludes halogenated alkanes) is 4. The molecular weight excluding hydrogens is 636 g/mol. The van der Waals surface area contributed by atoms with Crippen molar-refractivity contribution in [3.63, 3.8) is 0 Å². The highest BCUT2D eigenvalue weighted by molar-refractivity contribution is 5.83. The van der Waals surface area contributed by atoms with Gasteiger partial charge in [0.15, 0.2) is 6.10 Å². The van der Waals surface area contributed by atoms with E-state index in [0.717, 1.165) is 49.0 Å². The Hall–Kier alpha value is -3.24. The van der Waals surface area contributed by atoms with Crippen molar-refractivity contribution in [1.29, 1.82) is 0 Å². The lowest BCUT2D eigenvalue weighted by Gasteiger charge is -2.53. The molecule has 0 aliphatic carbocycles. The molecule has 1 aliphatic rings. The average molecular weight is 697 g/mol. The normalized spacial score (nSPS) is 21.4. The summed E-state index contributed by atoms with van der Waals surface area (Å²) in [6.45, 7) is 11.0.